The van der Waals surface area contributed by atoms with Crippen LogP contribution in [-0.4, -0.2) is 35.2 Å². The van der Waals surface area contributed by atoms with Crippen LogP contribution in [0.1, 0.15) is 31.2 Å². The van der Waals surface area contributed by atoms with Crippen molar-refractivity contribution in [3.8, 4) is 33.8 Å². The average Bonchev–Trinajstić information content (AvgIpc) is 3.61. The van der Waals surface area contributed by atoms with Crippen LogP contribution in [0.2, 0.25) is 0 Å². The van der Waals surface area contributed by atoms with E-state index in [4.69, 9.17) is 9.97 Å². The maximum Gasteiger partial charge on any atom is 0.205 e. The van der Waals surface area contributed by atoms with Gasteiger partial charge in [-0.3, -0.25) is 4.98 Å². The van der Waals surface area contributed by atoms with Gasteiger partial charge < -0.3 is 4.57 Å². The number of benzene rings is 3. The van der Waals surface area contributed by atoms with Gasteiger partial charge in [0, 0.05) is 30.3 Å². The molecule has 0 amide bonds. The van der Waals surface area contributed by atoms with E-state index >= 15 is 0 Å². The first-order chi connectivity index (χ1) is 18.3. The van der Waals surface area contributed by atoms with Crippen molar-refractivity contribution >= 4 is 11.0 Å². The zero-order valence-corrected chi connectivity index (χ0v) is 20.7. The van der Waals surface area contributed by atoms with Crippen LogP contribution in [0.5, 0.6) is 0 Å². The molecule has 0 radical (unpaired) electrons. The molecule has 0 aliphatic carbocycles. The molecule has 182 valence electrons. The zero-order valence-electron chi connectivity index (χ0n) is 20.7. The monoisotopic (exact) mass is 485 g/mol. The molecule has 7 heteroatoms. The zero-order chi connectivity index (χ0) is 25.0. The normalized spacial score (nSPS) is 11.3. The predicted molar refractivity (Wildman–Crippen MR) is 146 cm³/mol. The molecule has 0 atom stereocenters. The highest BCUT2D eigenvalue weighted by Crippen LogP contribution is 2.31. The first-order valence-electron chi connectivity index (χ1n) is 12.6. The lowest BCUT2D eigenvalue weighted by Crippen LogP contribution is -2.05. The number of aryl methyl sites for hydroxylation is 1. The van der Waals surface area contributed by atoms with E-state index in [1.54, 1.807) is 0 Å². The summed E-state index contributed by atoms with van der Waals surface area (Å²) in [6.45, 7) is 2.97. The van der Waals surface area contributed by atoms with E-state index in [1.807, 2.05) is 42.6 Å². The number of aromatic nitrogens is 7. The molecular weight excluding hydrogens is 458 g/mol. The second-order valence-corrected chi connectivity index (χ2v) is 9.09. The molecule has 0 unspecified atom stereocenters. The van der Waals surface area contributed by atoms with E-state index in [9.17, 15) is 0 Å². The fraction of sp³-hybridized carbons (Fsp3) is 0.167. The number of rotatable bonds is 8. The van der Waals surface area contributed by atoms with Crippen molar-refractivity contribution in [1.29, 1.82) is 0 Å². The van der Waals surface area contributed by atoms with Gasteiger partial charge in [0.2, 0.25) is 5.82 Å². The minimum atomic E-state index is 0.591. The molecule has 7 nitrogen and oxygen atoms in total. The van der Waals surface area contributed by atoms with Crippen molar-refractivity contribution in [2.24, 2.45) is 0 Å². The van der Waals surface area contributed by atoms with E-state index in [-0.39, 0.29) is 0 Å². The van der Waals surface area contributed by atoms with Crippen molar-refractivity contribution in [2.75, 3.05) is 0 Å². The number of fused-ring (bicyclic) bond motifs is 1. The third-order valence-electron chi connectivity index (χ3n) is 6.67. The van der Waals surface area contributed by atoms with Crippen LogP contribution in [-0.2, 0) is 13.0 Å². The average molecular weight is 486 g/mol. The Morgan fingerprint density at radius 2 is 1.59 bits per heavy atom. The van der Waals surface area contributed by atoms with Crippen LogP contribution in [0.25, 0.3) is 44.8 Å². The molecule has 3 aromatic carbocycles. The molecule has 0 bridgehead atoms. The highest BCUT2D eigenvalue weighted by molar-refractivity contribution is 5.90. The Labute approximate surface area is 215 Å². The van der Waals surface area contributed by atoms with Crippen LogP contribution in [0.3, 0.4) is 0 Å². The second-order valence-electron chi connectivity index (χ2n) is 9.09. The number of tetrazole rings is 1. The molecule has 3 heterocycles. The molecule has 0 fully saturated rings. The van der Waals surface area contributed by atoms with Gasteiger partial charge in [-0.2, -0.15) is 5.21 Å². The number of imidazole rings is 1. The fourth-order valence-electron chi connectivity index (χ4n) is 4.79. The van der Waals surface area contributed by atoms with Crippen LogP contribution >= 0.6 is 0 Å². The van der Waals surface area contributed by atoms with E-state index in [0.29, 0.717) is 5.82 Å². The molecule has 6 aromatic rings. The van der Waals surface area contributed by atoms with Crippen molar-refractivity contribution < 1.29 is 0 Å². The number of H-pyrrole nitrogens is 1. The lowest BCUT2D eigenvalue weighted by Gasteiger charge is -2.11. The minimum Gasteiger partial charge on any atom is -0.323 e. The lowest BCUT2D eigenvalue weighted by molar-refractivity contribution is 0.690. The Morgan fingerprint density at radius 1 is 0.811 bits per heavy atom. The topological polar surface area (TPSA) is 85.2 Å². The van der Waals surface area contributed by atoms with Crippen LogP contribution in [0, 0.1) is 0 Å². The molecule has 37 heavy (non-hydrogen) atoms. The summed E-state index contributed by atoms with van der Waals surface area (Å²) in [7, 11) is 0. The molecule has 0 spiro atoms. The molecule has 1 N–H and O–H groups in total. The largest absolute Gasteiger partial charge is 0.323 e. The van der Waals surface area contributed by atoms with Gasteiger partial charge >= 0.3 is 0 Å². The standard InChI is InChI=1S/C30H27N7/c1-2-3-13-27-32-29-26(18-19-31-28(29)23-9-5-4-6-10-23)37(27)20-21-14-16-22(17-15-21)24-11-7-8-12-25(24)30-33-35-36-34-30/h4-12,14-19H,2-3,13,20H2,1H3,(H,33,34,35,36). The van der Waals surface area contributed by atoms with Gasteiger partial charge in [-0.1, -0.05) is 92.2 Å². The first-order valence-corrected chi connectivity index (χ1v) is 12.6. The summed E-state index contributed by atoms with van der Waals surface area (Å²) < 4.78 is 2.35. The van der Waals surface area contributed by atoms with E-state index in [0.717, 1.165) is 70.6 Å². The summed E-state index contributed by atoms with van der Waals surface area (Å²) in [5.41, 5.74) is 8.46. The molecule has 0 saturated carbocycles. The molecule has 0 aliphatic rings. The van der Waals surface area contributed by atoms with Crippen LogP contribution < -0.4 is 0 Å². The van der Waals surface area contributed by atoms with Gasteiger partial charge in [-0.15, -0.1) is 10.2 Å². The van der Waals surface area contributed by atoms with Crippen LogP contribution in [0.4, 0.5) is 0 Å². The Kier molecular flexibility index (Phi) is 6.25. The quantitative estimate of drug-likeness (QED) is 0.272. The Bertz CT molecular complexity index is 1620. The first kappa shape index (κ1) is 22.8. The third-order valence-corrected chi connectivity index (χ3v) is 6.67. The molecule has 3 aromatic heterocycles. The maximum atomic E-state index is 5.11. The summed E-state index contributed by atoms with van der Waals surface area (Å²) in [4.78, 5) is 9.81. The SMILES string of the molecule is CCCCc1nc2c(-c3ccccc3)nccc2n1Cc1ccc(-c2ccccc2-c2nn[nH]n2)cc1. The van der Waals surface area contributed by atoms with Crippen molar-refractivity contribution in [3.63, 3.8) is 0 Å². The number of pyridine rings is 1. The molecule has 0 aliphatic heterocycles. The number of aromatic amines is 1. The molecule has 6 rings (SSSR count). The van der Waals surface area contributed by atoms with Gasteiger partial charge in [0.05, 0.1) is 11.2 Å². The third kappa shape index (κ3) is 4.51. The summed E-state index contributed by atoms with van der Waals surface area (Å²) in [6.07, 6.45) is 5.06. The summed E-state index contributed by atoms with van der Waals surface area (Å²) >= 11 is 0. The number of unbranched alkanes of at least 4 members (excludes halogenated alkanes) is 1. The Morgan fingerprint density at radius 3 is 2.35 bits per heavy atom. The van der Waals surface area contributed by atoms with Gasteiger partial charge in [-0.05, 0) is 34.4 Å². The predicted octanol–water partition coefficient (Wildman–Crippen LogP) is 6.34. The Hall–Kier alpha value is -4.65. The molecular formula is C30H27N7. The van der Waals surface area contributed by atoms with E-state index < -0.39 is 0 Å². The number of hydrogen-bond acceptors (Lipinski definition) is 5. The number of hydrogen-bond donors (Lipinski definition) is 1. The summed E-state index contributed by atoms with van der Waals surface area (Å²) in [6, 6.07) is 29.2. The summed E-state index contributed by atoms with van der Waals surface area (Å²) in [5, 5.41) is 14.6. The smallest absolute Gasteiger partial charge is 0.205 e. The highest BCUT2D eigenvalue weighted by atomic mass is 15.5. The van der Waals surface area contributed by atoms with Gasteiger partial charge in [0.25, 0.3) is 0 Å². The minimum absolute atomic E-state index is 0.591. The molecule has 0 saturated heterocycles. The van der Waals surface area contributed by atoms with E-state index in [2.05, 4.69) is 80.6 Å². The van der Waals surface area contributed by atoms with Crippen LogP contribution in [0.15, 0.2) is 91.1 Å². The lowest BCUT2D eigenvalue weighted by atomic mass is 9.98. The highest BCUT2D eigenvalue weighted by Gasteiger charge is 2.16. The van der Waals surface area contributed by atoms with Crippen molar-refractivity contribution in [1.82, 2.24) is 35.2 Å². The van der Waals surface area contributed by atoms with Crippen molar-refractivity contribution in [3.05, 3.63) is 103 Å². The van der Waals surface area contributed by atoms with Crippen molar-refractivity contribution in [2.45, 2.75) is 32.7 Å². The summed E-state index contributed by atoms with van der Waals surface area (Å²) in [5.74, 6) is 1.70. The Balaban J connectivity index is 1.36. The number of nitrogens with one attached hydrogen (secondary N) is 1. The number of nitrogens with zero attached hydrogens (tertiary/aromatic N) is 6. The second kappa shape index (κ2) is 10.1. The van der Waals surface area contributed by atoms with E-state index in [1.165, 1.54) is 5.56 Å². The van der Waals surface area contributed by atoms with Gasteiger partial charge in [0.1, 0.15) is 11.3 Å². The van der Waals surface area contributed by atoms with Gasteiger partial charge in [0.15, 0.2) is 0 Å². The maximum absolute atomic E-state index is 5.11. The fourth-order valence-corrected chi connectivity index (χ4v) is 4.79. The van der Waals surface area contributed by atoms with Gasteiger partial charge in [-0.25, -0.2) is 4.98 Å².